The molecule has 11 heteroatoms. The predicted molar refractivity (Wildman–Crippen MR) is 140 cm³/mol. The van der Waals surface area contributed by atoms with Gasteiger partial charge < -0.3 is 14.8 Å². The number of rotatable bonds is 9. The summed E-state index contributed by atoms with van der Waals surface area (Å²) in [7, 11) is 3.11. The van der Waals surface area contributed by atoms with Crippen LogP contribution in [-0.4, -0.2) is 49.1 Å². The summed E-state index contributed by atoms with van der Waals surface area (Å²) in [5.41, 5.74) is 2.17. The third kappa shape index (κ3) is 6.68. The van der Waals surface area contributed by atoms with Crippen molar-refractivity contribution in [2.24, 2.45) is 0 Å². The van der Waals surface area contributed by atoms with E-state index in [0.717, 1.165) is 5.56 Å². The fraction of sp³-hybridized carbons (Fsp3) is 0.308. The Kier molecular flexibility index (Phi) is 9.31. The molecule has 0 aliphatic carbocycles. The van der Waals surface area contributed by atoms with Crippen molar-refractivity contribution in [2.75, 3.05) is 27.3 Å². The van der Waals surface area contributed by atoms with E-state index in [4.69, 9.17) is 32.7 Å². The summed E-state index contributed by atoms with van der Waals surface area (Å²) in [5.74, 6) is -2.40. The number of carbonyl (C=O) groups excluding carboxylic acids is 2. The molecule has 37 heavy (non-hydrogen) atoms. The second kappa shape index (κ2) is 12.2. The number of benzene rings is 2. The lowest BCUT2D eigenvalue weighted by molar-refractivity contribution is -0.384. The fourth-order valence-corrected chi connectivity index (χ4v) is 4.53. The van der Waals surface area contributed by atoms with Gasteiger partial charge in [0.2, 0.25) is 0 Å². The van der Waals surface area contributed by atoms with Gasteiger partial charge in [-0.15, -0.1) is 0 Å². The molecule has 0 spiro atoms. The molecular formula is C26H27Cl2N3O6. The van der Waals surface area contributed by atoms with Crippen molar-refractivity contribution in [3.05, 3.63) is 96.3 Å². The summed E-state index contributed by atoms with van der Waals surface area (Å²) in [4.78, 5) is 39.0. The molecule has 1 atom stereocenters. The second-order valence-corrected chi connectivity index (χ2v) is 9.43. The number of methoxy groups -OCH3 is 1. The first-order chi connectivity index (χ1) is 17.5. The van der Waals surface area contributed by atoms with Crippen molar-refractivity contribution in [1.29, 1.82) is 0 Å². The number of nitrogens with zero attached hydrogens (tertiary/aromatic N) is 2. The van der Waals surface area contributed by atoms with Gasteiger partial charge in [-0.05, 0) is 50.2 Å². The van der Waals surface area contributed by atoms with Crippen LogP contribution >= 0.6 is 23.2 Å². The van der Waals surface area contributed by atoms with Crippen LogP contribution in [0.3, 0.4) is 0 Å². The topological polar surface area (TPSA) is 111 Å². The molecule has 1 unspecified atom stereocenters. The van der Waals surface area contributed by atoms with Crippen LogP contribution in [-0.2, 0) is 25.6 Å². The first kappa shape index (κ1) is 28.2. The summed E-state index contributed by atoms with van der Waals surface area (Å²) in [6.07, 6.45) is 0. The maximum absolute atomic E-state index is 13.4. The fourth-order valence-electron chi connectivity index (χ4n) is 4.17. The smallest absolute Gasteiger partial charge is 0.336 e. The average molecular weight is 548 g/mol. The van der Waals surface area contributed by atoms with Crippen molar-refractivity contribution >= 4 is 40.8 Å². The summed E-state index contributed by atoms with van der Waals surface area (Å²) >= 11 is 12.4. The SMILES string of the molecule is COC(=O)C1=C(C)NC(C)=C(C(=O)OCCN(C)Cc2ccc(Cl)cc2)C1c1cc([N+](=O)[O-])ccc1Cl. The number of ether oxygens (including phenoxy) is 2. The largest absolute Gasteiger partial charge is 0.466 e. The molecule has 0 amide bonds. The van der Waals surface area contributed by atoms with E-state index in [0.29, 0.717) is 29.5 Å². The lowest BCUT2D eigenvalue weighted by Gasteiger charge is -2.30. The Balaban J connectivity index is 1.86. The predicted octanol–water partition coefficient (Wildman–Crippen LogP) is 4.98. The van der Waals surface area contributed by atoms with Crippen molar-refractivity contribution in [2.45, 2.75) is 26.3 Å². The number of dihydropyridines is 1. The minimum atomic E-state index is -1.03. The van der Waals surface area contributed by atoms with Gasteiger partial charge in [0.1, 0.15) is 6.61 Å². The Hall–Kier alpha value is -3.40. The van der Waals surface area contributed by atoms with Crippen LogP contribution in [0.15, 0.2) is 65.0 Å². The second-order valence-electron chi connectivity index (χ2n) is 8.59. The van der Waals surface area contributed by atoms with Gasteiger partial charge in [-0.1, -0.05) is 35.3 Å². The van der Waals surface area contributed by atoms with Gasteiger partial charge >= 0.3 is 11.9 Å². The Morgan fingerprint density at radius 1 is 1.05 bits per heavy atom. The minimum Gasteiger partial charge on any atom is -0.466 e. The Morgan fingerprint density at radius 2 is 1.68 bits per heavy atom. The zero-order valence-electron chi connectivity index (χ0n) is 20.8. The van der Waals surface area contributed by atoms with Gasteiger partial charge in [0.25, 0.3) is 5.69 Å². The molecule has 0 fully saturated rings. The lowest BCUT2D eigenvalue weighted by atomic mass is 9.80. The zero-order valence-corrected chi connectivity index (χ0v) is 22.4. The molecule has 3 rings (SSSR count). The van der Waals surface area contributed by atoms with E-state index in [1.807, 2.05) is 36.2 Å². The lowest BCUT2D eigenvalue weighted by Crippen LogP contribution is -2.33. The maximum Gasteiger partial charge on any atom is 0.336 e. The third-order valence-corrected chi connectivity index (χ3v) is 6.56. The number of allylic oxidation sites excluding steroid dienone is 2. The molecule has 0 saturated heterocycles. The third-order valence-electron chi connectivity index (χ3n) is 5.96. The highest BCUT2D eigenvalue weighted by Crippen LogP contribution is 2.42. The minimum absolute atomic E-state index is 0.0747. The van der Waals surface area contributed by atoms with Crippen LogP contribution in [0.2, 0.25) is 10.0 Å². The number of likely N-dealkylation sites (N-methyl/N-ethyl adjacent to an activating group) is 1. The van der Waals surface area contributed by atoms with E-state index < -0.39 is 22.8 Å². The van der Waals surface area contributed by atoms with E-state index in [9.17, 15) is 19.7 Å². The van der Waals surface area contributed by atoms with Crippen molar-refractivity contribution in [3.63, 3.8) is 0 Å². The normalized spacial score (nSPS) is 15.5. The zero-order chi connectivity index (χ0) is 27.3. The van der Waals surface area contributed by atoms with Gasteiger partial charge in [-0.3, -0.25) is 15.0 Å². The number of non-ortho nitro benzene ring substituents is 1. The van der Waals surface area contributed by atoms with Crippen LogP contribution in [0.1, 0.15) is 30.9 Å². The molecular weight excluding hydrogens is 521 g/mol. The molecule has 9 nitrogen and oxygen atoms in total. The van der Waals surface area contributed by atoms with Crippen LogP contribution in [0.5, 0.6) is 0 Å². The van der Waals surface area contributed by atoms with Crippen molar-refractivity contribution in [1.82, 2.24) is 10.2 Å². The molecule has 1 aliphatic rings. The van der Waals surface area contributed by atoms with E-state index in [-0.39, 0.29) is 34.0 Å². The van der Waals surface area contributed by atoms with Crippen LogP contribution in [0.4, 0.5) is 5.69 Å². The maximum atomic E-state index is 13.4. The summed E-state index contributed by atoms with van der Waals surface area (Å²) in [6.45, 7) is 4.46. The Labute approximate surface area is 224 Å². The Morgan fingerprint density at radius 3 is 2.27 bits per heavy atom. The Bertz CT molecular complexity index is 1270. The molecule has 2 aromatic rings. The quantitative estimate of drug-likeness (QED) is 0.265. The average Bonchev–Trinajstić information content (AvgIpc) is 2.84. The van der Waals surface area contributed by atoms with Gasteiger partial charge in [0.15, 0.2) is 0 Å². The molecule has 196 valence electrons. The van der Waals surface area contributed by atoms with Gasteiger partial charge in [-0.2, -0.15) is 0 Å². The van der Waals surface area contributed by atoms with Crippen molar-refractivity contribution in [3.8, 4) is 0 Å². The number of halogens is 2. The standard InChI is InChI=1S/C26H27Cl2N3O6/c1-15-22(25(32)36-4)24(20-13-19(31(34)35)9-10-21(20)28)23(16(2)29-15)26(33)37-12-11-30(3)14-17-5-7-18(27)8-6-17/h5-10,13,24,29H,11-12,14H2,1-4H3. The van der Waals surface area contributed by atoms with Crippen LogP contribution in [0.25, 0.3) is 0 Å². The number of carbonyl (C=O) groups is 2. The molecule has 0 bridgehead atoms. The molecule has 1 N–H and O–H groups in total. The summed E-state index contributed by atoms with van der Waals surface area (Å²) in [6, 6.07) is 11.3. The number of hydrogen-bond acceptors (Lipinski definition) is 8. The van der Waals surface area contributed by atoms with Crippen molar-refractivity contribution < 1.29 is 24.0 Å². The highest BCUT2D eigenvalue weighted by molar-refractivity contribution is 6.31. The molecule has 0 aromatic heterocycles. The van der Waals surface area contributed by atoms with Gasteiger partial charge in [-0.25, -0.2) is 9.59 Å². The van der Waals surface area contributed by atoms with Gasteiger partial charge in [0.05, 0.1) is 29.1 Å². The summed E-state index contributed by atoms with van der Waals surface area (Å²) < 4.78 is 10.6. The molecule has 1 heterocycles. The van der Waals surface area contributed by atoms with Crippen LogP contribution < -0.4 is 5.32 Å². The van der Waals surface area contributed by atoms with Crippen LogP contribution in [0, 0.1) is 10.1 Å². The molecule has 0 radical (unpaired) electrons. The highest BCUT2D eigenvalue weighted by atomic mass is 35.5. The van der Waals surface area contributed by atoms with E-state index >= 15 is 0 Å². The van der Waals surface area contributed by atoms with E-state index in [2.05, 4.69) is 5.32 Å². The molecule has 0 saturated carbocycles. The molecule has 2 aromatic carbocycles. The summed E-state index contributed by atoms with van der Waals surface area (Å²) in [5, 5.41) is 15.3. The number of nitrogens with one attached hydrogen (secondary N) is 1. The monoisotopic (exact) mass is 547 g/mol. The van der Waals surface area contributed by atoms with E-state index in [1.165, 1.54) is 25.3 Å². The number of esters is 2. The van der Waals surface area contributed by atoms with E-state index in [1.54, 1.807) is 13.8 Å². The first-order valence-corrected chi connectivity index (χ1v) is 12.1. The molecule has 1 aliphatic heterocycles. The highest BCUT2D eigenvalue weighted by Gasteiger charge is 2.39. The number of nitro groups is 1. The number of nitro benzene ring substituents is 1. The van der Waals surface area contributed by atoms with Gasteiger partial charge in [0, 0.05) is 46.7 Å². The number of hydrogen-bond donors (Lipinski definition) is 1. The first-order valence-electron chi connectivity index (χ1n) is 11.3.